The van der Waals surface area contributed by atoms with Crippen LogP contribution in [0.2, 0.25) is 0 Å². The van der Waals surface area contributed by atoms with Crippen molar-refractivity contribution < 1.29 is 15.0 Å². The maximum atomic E-state index is 10.1. The van der Waals surface area contributed by atoms with Gasteiger partial charge in [0, 0.05) is 6.04 Å². The van der Waals surface area contributed by atoms with Gasteiger partial charge in [-0.3, -0.25) is 4.79 Å². The summed E-state index contributed by atoms with van der Waals surface area (Å²) in [6, 6.07) is -0.344. The molecule has 0 unspecified atom stereocenters. The summed E-state index contributed by atoms with van der Waals surface area (Å²) in [6.07, 6.45) is 1.01. The first-order valence-corrected chi connectivity index (χ1v) is 3.24. The Labute approximate surface area is 58.6 Å². The average molecular weight is 145 g/mol. The van der Waals surface area contributed by atoms with Gasteiger partial charge in [0.2, 0.25) is 0 Å². The van der Waals surface area contributed by atoms with Gasteiger partial charge in [-0.05, 0) is 12.8 Å². The van der Waals surface area contributed by atoms with E-state index in [0.717, 1.165) is 6.42 Å². The minimum absolute atomic E-state index is 0.228. The van der Waals surface area contributed by atoms with Gasteiger partial charge >= 0.3 is 5.97 Å². The molecule has 0 aromatic heterocycles. The number of carbonyl (C=O) groups is 1. The van der Waals surface area contributed by atoms with Gasteiger partial charge in [0.25, 0.3) is 0 Å². The van der Waals surface area contributed by atoms with Crippen molar-refractivity contribution in [2.24, 2.45) is 5.73 Å². The van der Waals surface area contributed by atoms with Crippen molar-refractivity contribution in [3.8, 4) is 0 Å². The maximum absolute atomic E-state index is 10.1. The molecule has 1 saturated carbocycles. The second-order valence-corrected chi connectivity index (χ2v) is 2.82. The fourth-order valence-electron chi connectivity index (χ4n) is 1.13. The summed E-state index contributed by atoms with van der Waals surface area (Å²) in [7, 11) is 0. The van der Waals surface area contributed by atoms with Crippen LogP contribution in [0, 0.1) is 0 Å². The topological polar surface area (TPSA) is 83.5 Å². The fourth-order valence-corrected chi connectivity index (χ4v) is 1.13. The van der Waals surface area contributed by atoms with Gasteiger partial charge < -0.3 is 15.9 Å². The molecule has 4 nitrogen and oxygen atoms in total. The van der Waals surface area contributed by atoms with E-state index in [-0.39, 0.29) is 12.5 Å². The predicted octanol–water partition coefficient (Wildman–Crippen LogP) is -0.687. The highest BCUT2D eigenvalue weighted by Crippen LogP contribution is 2.33. The van der Waals surface area contributed by atoms with Crippen LogP contribution in [0.15, 0.2) is 0 Å². The number of hydrogen-bond donors (Lipinski definition) is 3. The van der Waals surface area contributed by atoms with Crippen molar-refractivity contribution in [1.82, 2.24) is 0 Å². The van der Waals surface area contributed by atoms with Crippen LogP contribution in [0.5, 0.6) is 0 Å². The van der Waals surface area contributed by atoms with Gasteiger partial charge in [-0.1, -0.05) is 0 Å². The Morgan fingerprint density at radius 3 is 2.50 bits per heavy atom. The second-order valence-electron chi connectivity index (χ2n) is 2.82. The predicted molar refractivity (Wildman–Crippen MR) is 34.4 cm³/mol. The molecule has 0 aromatic rings. The number of aliphatic carboxylic acids is 1. The molecule has 0 aliphatic heterocycles. The summed E-state index contributed by atoms with van der Waals surface area (Å²) in [5, 5.41) is 17.7. The zero-order valence-corrected chi connectivity index (χ0v) is 5.58. The van der Waals surface area contributed by atoms with E-state index in [1.54, 1.807) is 0 Å². The fraction of sp³-hybridized carbons (Fsp3) is 0.833. The van der Waals surface area contributed by atoms with Crippen molar-refractivity contribution in [3.05, 3.63) is 0 Å². The highest BCUT2D eigenvalue weighted by atomic mass is 16.4. The van der Waals surface area contributed by atoms with Crippen molar-refractivity contribution >= 4 is 5.97 Å². The lowest BCUT2D eigenvalue weighted by Crippen LogP contribution is -2.57. The molecule has 1 rings (SSSR count). The maximum Gasteiger partial charge on any atom is 0.306 e. The summed E-state index contributed by atoms with van der Waals surface area (Å²) < 4.78 is 0. The summed E-state index contributed by atoms with van der Waals surface area (Å²) in [5.41, 5.74) is 4.27. The second kappa shape index (κ2) is 2.21. The quantitative estimate of drug-likeness (QED) is 0.480. The minimum Gasteiger partial charge on any atom is -0.481 e. The highest BCUT2D eigenvalue weighted by molar-refractivity contribution is 5.68. The Bertz CT molecular complexity index is 159. The number of aliphatic hydroxyl groups is 1. The lowest BCUT2D eigenvalue weighted by atomic mass is 9.73. The van der Waals surface area contributed by atoms with Crippen molar-refractivity contribution in [3.63, 3.8) is 0 Å². The standard InChI is InChI=1S/C6H11NO3/c7-4-1-2-6(4,10)3-5(8)9/h4,10H,1-3,7H2,(H,8,9)/t4-,6+/m0/s1. The summed E-state index contributed by atoms with van der Waals surface area (Å²) in [6.45, 7) is 0. The van der Waals surface area contributed by atoms with Gasteiger partial charge in [0.05, 0.1) is 12.0 Å². The molecule has 2 atom stereocenters. The Kier molecular flexibility index (Phi) is 1.66. The largest absolute Gasteiger partial charge is 0.481 e. The zero-order valence-electron chi connectivity index (χ0n) is 5.58. The minimum atomic E-state index is -1.12. The lowest BCUT2D eigenvalue weighted by molar-refractivity contribution is -0.148. The van der Waals surface area contributed by atoms with E-state index < -0.39 is 11.6 Å². The average Bonchev–Trinajstić information content (AvgIpc) is 1.84. The first-order chi connectivity index (χ1) is 4.54. The molecule has 1 aliphatic rings. The van der Waals surface area contributed by atoms with Gasteiger partial charge in [-0.2, -0.15) is 0 Å². The molecule has 58 valence electrons. The number of carboxylic acids is 1. The highest BCUT2D eigenvalue weighted by Gasteiger charge is 2.44. The summed E-state index contributed by atoms with van der Waals surface area (Å²) in [4.78, 5) is 10.1. The molecule has 0 aromatic carbocycles. The van der Waals surface area contributed by atoms with Gasteiger partial charge in [0.15, 0.2) is 0 Å². The molecular formula is C6H11NO3. The molecule has 1 fully saturated rings. The zero-order chi connectivity index (χ0) is 7.78. The van der Waals surface area contributed by atoms with Crippen LogP contribution in [0.3, 0.4) is 0 Å². The van der Waals surface area contributed by atoms with Crippen LogP contribution in [-0.4, -0.2) is 27.8 Å². The molecule has 0 amide bonds. The molecule has 10 heavy (non-hydrogen) atoms. The van der Waals surface area contributed by atoms with E-state index in [9.17, 15) is 9.90 Å². The Morgan fingerprint density at radius 1 is 1.80 bits per heavy atom. The third-order valence-electron chi connectivity index (χ3n) is 2.04. The van der Waals surface area contributed by atoms with Crippen LogP contribution in [-0.2, 0) is 4.79 Å². The first kappa shape index (κ1) is 7.50. The summed E-state index contributed by atoms with van der Waals surface area (Å²) in [5.74, 6) is -0.988. The summed E-state index contributed by atoms with van der Waals surface area (Å²) >= 11 is 0. The van der Waals surface area contributed by atoms with Gasteiger partial charge in [-0.25, -0.2) is 0 Å². The van der Waals surface area contributed by atoms with Crippen molar-refractivity contribution in [2.75, 3.05) is 0 Å². The Morgan fingerprint density at radius 2 is 2.40 bits per heavy atom. The molecule has 1 aliphatic carbocycles. The van der Waals surface area contributed by atoms with Crippen molar-refractivity contribution in [2.45, 2.75) is 30.9 Å². The van der Waals surface area contributed by atoms with Crippen LogP contribution in [0.4, 0.5) is 0 Å². The third kappa shape index (κ3) is 1.12. The molecule has 0 bridgehead atoms. The van der Waals surface area contributed by atoms with Gasteiger partial charge in [-0.15, -0.1) is 0 Å². The lowest BCUT2D eigenvalue weighted by Gasteiger charge is -2.41. The number of rotatable bonds is 2. The Balaban J connectivity index is 2.45. The van der Waals surface area contributed by atoms with E-state index in [1.165, 1.54) is 0 Å². The molecule has 4 N–H and O–H groups in total. The van der Waals surface area contributed by atoms with E-state index >= 15 is 0 Å². The van der Waals surface area contributed by atoms with E-state index in [4.69, 9.17) is 10.8 Å². The molecule has 0 spiro atoms. The number of hydrogen-bond acceptors (Lipinski definition) is 3. The van der Waals surface area contributed by atoms with Crippen LogP contribution < -0.4 is 5.73 Å². The van der Waals surface area contributed by atoms with E-state index in [1.807, 2.05) is 0 Å². The molecular weight excluding hydrogens is 134 g/mol. The Hall–Kier alpha value is -0.610. The molecule has 0 radical (unpaired) electrons. The molecule has 4 heteroatoms. The number of carboxylic acid groups (broad SMARTS) is 1. The SMILES string of the molecule is N[C@H]1CC[C@@]1(O)CC(=O)O. The van der Waals surface area contributed by atoms with E-state index in [0.29, 0.717) is 6.42 Å². The van der Waals surface area contributed by atoms with E-state index in [2.05, 4.69) is 0 Å². The van der Waals surface area contributed by atoms with Crippen LogP contribution in [0.25, 0.3) is 0 Å². The third-order valence-corrected chi connectivity index (χ3v) is 2.04. The molecule has 0 saturated heterocycles. The van der Waals surface area contributed by atoms with Crippen LogP contribution in [0.1, 0.15) is 19.3 Å². The first-order valence-electron chi connectivity index (χ1n) is 3.24. The number of nitrogens with two attached hydrogens (primary N) is 1. The normalized spacial score (nSPS) is 38.8. The van der Waals surface area contributed by atoms with Crippen molar-refractivity contribution in [1.29, 1.82) is 0 Å². The monoisotopic (exact) mass is 145 g/mol. The van der Waals surface area contributed by atoms with Gasteiger partial charge in [0.1, 0.15) is 0 Å². The smallest absolute Gasteiger partial charge is 0.306 e. The van der Waals surface area contributed by atoms with Crippen LogP contribution >= 0.6 is 0 Å². The molecule has 0 heterocycles.